The number of anilines is 3. The molecule has 0 saturated heterocycles. The van der Waals surface area contributed by atoms with E-state index in [0.29, 0.717) is 0 Å². The molecule has 0 saturated carbocycles. The van der Waals surface area contributed by atoms with E-state index >= 15 is 0 Å². The van der Waals surface area contributed by atoms with Crippen LogP contribution in [0, 0.1) is 0 Å². The fourth-order valence-electron chi connectivity index (χ4n) is 13.3. The quantitative estimate of drug-likeness (QED) is 0.139. The average molecular weight is 928 g/mol. The predicted molar refractivity (Wildman–Crippen MR) is 296 cm³/mol. The Bertz CT molecular complexity index is 3580. The molecule has 9 aromatic rings. The zero-order valence-corrected chi connectivity index (χ0v) is 40.6. The number of para-hydroxylation sites is 1. The Labute approximate surface area is 419 Å². The Hall–Kier alpha value is -7.91. The van der Waals surface area contributed by atoms with E-state index in [4.69, 9.17) is 0 Å². The lowest BCUT2D eigenvalue weighted by molar-refractivity contribution is 0.726. The number of fused-ring (bicyclic) bond motifs is 7. The Morgan fingerprint density at radius 2 is 0.944 bits per heavy atom. The van der Waals surface area contributed by atoms with Gasteiger partial charge in [0.05, 0.1) is 11.1 Å². The number of rotatable bonds is 9. The third kappa shape index (κ3) is 6.27. The smallest absolute Gasteiger partial charge is 0.0717 e. The van der Waals surface area contributed by atoms with Crippen molar-refractivity contribution in [3.63, 3.8) is 0 Å². The maximum atomic E-state index is 2.65. The Balaban J connectivity index is 1.01. The number of hydrogen-bond acceptors (Lipinski definition) is 1. The lowest BCUT2D eigenvalue weighted by atomic mass is 9.62. The van der Waals surface area contributed by atoms with Crippen LogP contribution in [0.15, 0.2) is 285 Å². The van der Waals surface area contributed by atoms with Crippen molar-refractivity contribution < 1.29 is 0 Å². The molecule has 0 amide bonds. The summed E-state index contributed by atoms with van der Waals surface area (Å²) in [5, 5.41) is 0. The highest BCUT2D eigenvalue weighted by Crippen LogP contribution is 2.73. The molecule has 340 valence electrons. The maximum absolute atomic E-state index is 2.65. The van der Waals surface area contributed by atoms with Crippen LogP contribution in [0.1, 0.15) is 64.6 Å². The first-order valence-electron chi connectivity index (χ1n) is 25.4. The molecule has 1 atom stereocenters. The van der Waals surface area contributed by atoms with Crippen molar-refractivity contribution in [1.82, 2.24) is 0 Å². The summed E-state index contributed by atoms with van der Waals surface area (Å²) < 4.78 is 0. The molecule has 0 fully saturated rings. The van der Waals surface area contributed by atoms with Gasteiger partial charge in [-0.25, -0.2) is 0 Å². The van der Waals surface area contributed by atoms with Gasteiger partial charge in [0.15, 0.2) is 0 Å². The highest BCUT2D eigenvalue weighted by Gasteiger charge is 2.52. The lowest BCUT2D eigenvalue weighted by Crippen LogP contribution is -2.33. The van der Waals surface area contributed by atoms with E-state index in [1.54, 1.807) is 11.1 Å². The first kappa shape index (κ1) is 42.0. The van der Waals surface area contributed by atoms with Gasteiger partial charge in [-0.3, -0.25) is 0 Å². The molecule has 0 heterocycles. The second kappa shape index (κ2) is 16.9. The summed E-state index contributed by atoms with van der Waals surface area (Å²) in [5.74, 6) is 0. The van der Waals surface area contributed by atoms with Gasteiger partial charge in [0, 0.05) is 36.5 Å². The molecule has 1 nitrogen and oxygen atoms in total. The van der Waals surface area contributed by atoms with Gasteiger partial charge in [0.1, 0.15) is 0 Å². The van der Waals surface area contributed by atoms with Gasteiger partial charge in [0.2, 0.25) is 0 Å². The highest BCUT2D eigenvalue weighted by molar-refractivity contribution is 8.34. The van der Waals surface area contributed by atoms with E-state index < -0.39 is 15.4 Å². The maximum Gasteiger partial charge on any atom is 0.0717 e. The monoisotopic (exact) mass is 927 g/mol. The molecule has 14 rings (SSSR count). The molecule has 0 N–H and O–H groups in total. The summed E-state index contributed by atoms with van der Waals surface area (Å²) in [6.45, 7) is 0. The first-order chi connectivity index (χ1) is 35.2. The van der Waals surface area contributed by atoms with E-state index in [1.165, 1.54) is 92.1 Å². The van der Waals surface area contributed by atoms with Crippen molar-refractivity contribution in [2.24, 2.45) is 0 Å². The Morgan fingerprint density at radius 3 is 1.66 bits per heavy atom. The molecule has 71 heavy (non-hydrogen) atoms. The molecule has 0 aliphatic heterocycles. The fourth-order valence-corrected chi connectivity index (χ4v) is 17.2. The molecule has 1 unspecified atom stereocenters. The van der Waals surface area contributed by atoms with Crippen molar-refractivity contribution in [2.45, 2.75) is 63.5 Å². The van der Waals surface area contributed by atoms with Crippen molar-refractivity contribution >= 4 is 38.2 Å². The van der Waals surface area contributed by atoms with Gasteiger partial charge in [-0.15, -0.1) is 10.0 Å². The minimum atomic E-state index is -1.87. The van der Waals surface area contributed by atoms with E-state index in [-0.39, 0.29) is 0 Å². The molecule has 0 bridgehead atoms. The largest absolute Gasteiger partial charge is 0.310 e. The lowest BCUT2D eigenvalue weighted by Gasteiger charge is -2.42. The van der Waals surface area contributed by atoms with Crippen LogP contribution in [0.5, 0.6) is 0 Å². The summed E-state index contributed by atoms with van der Waals surface area (Å²) in [5.41, 5.74) is 23.2. The molecule has 0 aromatic heterocycles. The van der Waals surface area contributed by atoms with Crippen LogP contribution in [0.25, 0.3) is 22.3 Å². The topological polar surface area (TPSA) is 3.24 Å². The summed E-state index contributed by atoms with van der Waals surface area (Å²) in [6.07, 6.45) is 13.7. The van der Waals surface area contributed by atoms with Crippen LogP contribution in [0.3, 0.4) is 0 Å². The highest BCUT2D eigenvalue weighted by atomic mass is 32.3. The van der Waals surface area contributed by atoms with Crippen LogP contribution >= 0.6 is 10.0 Å². The molecule has 5 aliphatic carbocycles. The number of nitrogens with zero attached hydrogens (tertiary/aromatic N) is 1. The van der Waals surface area contributed by atoms with E-state index in [1.807, 2.05) is 0 Å². The molecule has 5 aliphatic rings. The predicted octanol–water partition coefficient (Wildman–Crippen LogP) is 18.2. The Morgan fingerprint density at radius 1 is 0.394 bits per heavy atom. The first-order valence-corrected chi connectivity index (χ1v) is 27.1. The Kier molecular flexibility index (Phi) is 10.0. The SMILES string of the molecule is C1=CC2=C(CC1)c1cccc(C3(C4=CCCC5=C4Cc4ccccc45)c4ccccc4-c4c(N(c5ccccc5)c5ccc(S(c6ccccc6)(c6ccccc6)c6ccccc6)cc5)cccc43)c1C2. The van der Waals surface area contributed by atoms with E-state index in [0.717, 1.165) is 49.9 Å². The summed E-state index contributed by atoms with van der Waals surface area (Å²) >= 11 is 0. The number of benzene rings is 9. The molecule has 2 heteroatoms. The van der Waals surface area contributed by atoms with Crippen LogP contribution in [-0.4, -0.2) is 0 Å². The minimum absolute atomic E-state index is 0.537. The summed E-state index contributed by atoms with van der Waals surface area (Å²) in [7, 11) is -1.87. The number of allylic oxidation sites excluding steroid dienone is 8. The summed E-state index contributed by atoms with van der Waals surface area (Å²) in [4.78, 5) is 7.79. The third-order valence-corrected chi connectivity index (χ3v) is 20.0. The van der Waals surface area contributed by atoms with Crippen LogP contribution in [0.2, 0.25) is 0 Å². The zero-order chi connectivity index (χ0) is 46.9. The normalized spacial score (nSPS) is 17.4. The standard InChI is InChI=1S/C69H53NS/c1-5-24-50(25-6-1)70(51-42-44-55(45-43-51)71(52-26-7-2-8-27-52,53-28-9-3-10-29-53)54-30-11-4-12-31-54)67-41-21-40-66-68(67)60-34-17-18-37-63(60)69(66,64-38-19-35-58-56-32-15-13-22-48(56)46-61(58)64)65-39-20-36-59-57-33-16-14-23-49(57)47-62(59)65/h1-15,17-18,20-32,34,36-45H,16,19,33,35,46-47H2. The molecular weight excluding hydrogens is 875 g/mol. The van der Waals surface area contributed by atoms with Crippen molar-refractivity contribution in [3.05, 3.63) is 304 Å². The van der Waals surface area contributed by atoms with Crippen LogP contribution < -0.4 is 4.90 Å². The van der Waals surface area contributed by atoms with Gasteiger partial charge in [-0.1, -0.05) is 170 Å². The molecule has 0 spiro atoms. The summed E-state index contributed by atoms with van der Waals surface area (Å²) in [6, 6.07) is 87.4. The van der Waals surface area contributed by atoms with Crippen LogP contribution in [0.4, 0.5) is 17.1 Å². The van der Waals surface area contributed by atoms with Gasteiger partial charge in [-0.05, 0) is 190 Å². The molecule has 9 aromatic carbocycles. The second-order valence-corrected chi connectivity index (χ2v) is 22.7. The van der Waals surface area contributed by atoms with Gasteiger partial charge < -0.3 is 4.90 Å². The fraction of sp³-hybridized carbons (Fsp3) is 0.101. The second-order valence-electron chi connectivity index (χ2n) is 19.6. The zero-order valence-electron chi connectivity index (χ0n) is 39.8. The van der Waals surface area contributed by atoms with Crippen molar-refractivity contribution in [1.29, 1.82) is 0 Å². The number of hydrogen-bond donors (Lipinski definition) is 0. The van der Waals surface area contributed by atoms with E-state index in [2.05, 4.69) is 254 Å². The van der Waals surface area contributed by atoms with Gasteiger partial charge >= 0.3 is 0 Å². The average Bonchev–Trinajstić information content (AvgIpc) is 4.12. The van der Waals surface area contributed by atoms with Crippen LogP contribution in [-0.2, 0) is 18.3 Å². The minimum Gasteiger partial charge on any atom is -0.310 e. The third-order valence-electron chi connectivity index (χ3n) is 16.1. The van der Waals surface area contributed by atoms with Crippen molar-refractivity contribution in [2.75, 3.05) is 4.90 Å². The van der Waals surface area contributed by atoms with Gasteiger partial charge in [-0.2, -0.15) is 0 Å². The molecule has 0 radical (unpaired) electrons. The van der Waals surface area contributed by atoms with Gasteiger partial charge in [0.25, 0.3) is 0 Å². The van der Waals surface area contributed by atoms with Crippen molar-refractivity contribution in [3.8, 4) is 11.1 Å². The van der Waals surface area contributed by atoms with E-state index in [9.17, 15) is 0 Å². The molecular formula is C69H53NS.